The molecule has 0 fully saturated rings. The average molecular weight is 1450 g/mol. The molecule has 12 amide bonds. The van der Waals surface area contributed by atoms with Crippen LogP contribution < -0.4 is 70.0 Å². The predicted molar refractivity (Wildman–Crippen MR) is 371 cm³/mol. The molecule has 542 valence electrons. The van der Waals surface area contributed by atoms with Crippen molar-refractivity contribution in [3.05, 3.63) is 125 Å². The Kier molecular flexibility index (Phi) is 34.0. The third-order valence-electron chi connectivity index (χ3n) is 15.0. The van der Waals surface area contributed by atoms with Gasteiger partial charge in [-0.25, -0.2) is 0 Å². The molecule has 32 nitrogen and oxygen atoms in total. The van der Waals surface area contributed by atoms with Gasteiger partial charge >= 0.3 is 11.9 Å². The number of aromatic hydroxyl groups is 3. The van der Waals surface area contributed by atoms with Crippen molar-refractivity contribution in [2.45, 2.75) is 132 Å². The van der Waals surface area contributed by atoms with Gasteiger partial charge in [-0.2, -0.15) is 37.0 Å². The van der Waals surface area contributed by atoms with E-state index in [1.165, 1.54) is 91.5 Å². The largest absolute Gasteiger partial charge is 0.508 e. The number of carbonyl (C=O) groups excluding carboxylic acids is 12. The summed E-state index contributed by atoms with van der Waals surface area (Å²) in [6.45, 7) is 3.48. The Bertz CT molecular complexity index is 3510. The fourth-order valence-corrected chi connectivity index (χ4v) is 10.5. The van der Waals surface area contributed by atoms with Crippen molar-refractivity contribution < 1.29 is 92.7 Å². The molecule has 100 heavy (non-hydrogen) atoms. The van der Waals surface area contributed by atoms with Gasteiger partial charge in [0.25, 0.3) is 0 Å². The van der Waals surface area contributed by atoms with Crippen LogP contribution in [0.2, 0.25) is 0 Å². The van der Waals surface area contributed by atoms with Crippen LogP contribution in [0, 0.1) is 5.92 Å². The topological polar surface area (TPSA) is 524 Å². The van der Waals surface area contributed by atoms with Crippen LogP contribution in [0.3, 0.4) is 0 Å². The van der Waals surface area contributed by atoms with E-state index in [1.54, 1.807) is 50.4 Å². The summed E-state index contributed by atoms with van der Waals surface area (Å²) in [5, 5.41) is 75.7. The zero-order valence-electron chi connectivity index (χ0n) is 54.9. The van der Waals surface area contributed by atoms with Gasteiger partial charge in [-0.1, -0.05) is 80.6 Å². The third-order valence-corrected chi connectivity index (χ3v) is 16.4. The van der Waals surface area contributed by atoms with Gasteiger partial charge in [0, 0.05) is 30.8 Å². The number of phenols is 3. The van der Waals surface area contributed by atoms with Crippen molar-refractivity contribution in [1.29, 1.82) is 0 Å². The van der Waals surface area contributed by atoms with Crippen LogP contribution in [0.4, 0.5) is 0 Å². The maximum atomic E-state index is 14.5. The number of aliphatic carboxylic acids is 2. The summed E-state index contributed by atoms with van der Waals surface area (Å²) >= 11 is 9.66. The van der Waals surface area contributed by atoms with Crippen molar-refractivity contribution in [1.82, 2.24) is 58.5 Å². The normalized spacial score (nSPS) is 14.3. The number of benzene rings is 4. The lowest BCUT2D eigenvalue weighted by Gasteiger charge is -2.27. The van der Waals surface area contributed by atoms with Crippen LogP contribution in [-0.4, -0.2) is 205 Å². The number of amides is 12. The summed E-state index contributed by atoms with van der Waals surface area (Å²) in [5.41, 5.74) is 13.3. The molecule has 0 aliphatic carbocycles. The van der Waals surface area contributed by atoms with Gasteiger partial charge in [-0.15, -0.1) is 0 Å². The van der Waals surface area contributed by atoms with Crippen molar-refractivity contribution >= 4 is 120 Å². The number of thioether (sulfide) groups is 1. The second-order valence-corrected chi connectivity index (χ2v) is 25.1. The second kappa shape index (κ2) is 41.3. The van der Waals surface area contributed by atoms with E-state index in [1.807, 2.05) is 0 Å². The Morgan fingerprint density at radius 3 is 1.19 bits per heavy atom. The first-order valence-electron chi connectivity index (χ1n) is 31.2. The molecule has 4 aromatic carbocycles. The van der Waals surface area contributed by atoms with Crippen molar-refractivity contribution in [2.75, 3.05) is 30.1 Å². The fraction of sp³-hybridized carbons (Fsp3) is 0.415. The lowest BCUT2D eigenvalue weighted by Crippen LogP contribution is -2.61. The van der Waals surface area contributed by atoms with Gasteiger partial charge in [-0.3, -0.25) is 67.1 Å². The molecule has 20 N–H and O–H groups in total. The summed E-state index contributed by atoms with van der Waals surface area (Å²) in [6.07, 6.45) is -1.12. The summed E-state index contributed by atoms with van der Waals surface area (Å²) in [5.74, 6) is -16.3. The van der Waals surface area contributed by atoms with Gasteiger partial charge in [-0.05, 0) is 96.3 Å². The minimum absolute atomic E-state index is 0.00124. The number of carboxylic acids is 2. The van der Waals surface area contributed by atoms with Crippen LogP contribution in [0.5, 0.6) is 17.2 Å². The van der Waals surface area contributed by atoms with Gasteiger partial charge in [0.1, 0.15) is 77.7 Å². The van der Waals surface area contributed by atoms with Crippen LogP contribution in [0.15, 0.2) is 103 Å². The molecule has 0 aliphatic rings. The molecule has 0 aromatic heterocycles. The summed E-state index contributed by atoms with van der Waals surface area (Å²) in [4.78, 5) is 188. The van der Waals surface area contributed by atoms with Crippen LogP contribution in [0.25, 0.3) is 0 Å². The maximum absolute atomic E-state index is 14.5. The molecule has 4 rings (SSSR count). The van der Waals surface area contributed by atoms with Crippen molar-refractivity contribution in [2.24, 2.45) is 17.4 Å². The Morgan fingerprint density at radius 2 is 0.770 bits per heavy atom. The molecule has 0 heterocycles. The molecule has 0 saturated carbocycles. The second-order valence-electron chi connectivity index (χ2n) is 23.4. The average Bonchev–Trinajstić information content (AvgIpc) is 0.867. The van der Waals surface area contributed by atoms with Crippen molar-refractivity contribution in [3.63, 3.8) is 0 Å². The number of hydrogen-bond donors (Lipinski definition) is 20. The Balaban J connectivity index is 1.52. The first-order chi connectivity index (χ1) is 47.3. The standard InChI is InChI=1S/C65H85N13O19S3/c1-33(2)54(55(67)87)78-63(95)48(29-53(85)86)75-59(91)43(22-23-100-4)71-62(94)46(27-38-14-20-41(81)21-15-38)73-64(96)49(31-98)76-56(88)34(3)69-60(92)45(26-37-12-18-40(80)19-13-37)72-61(93)44(25-35-8-6-5-7-9-35)70-51(82)30-68-58(90)47(28-52(83)84)74-65(97)50(32-99)77-57(89)42(66)24-36-10-16-39(79)17-11-36/h5-21,33-34,42-50,54,79-81,98-99H,22-32,66H2,1-4H3,(H2,67,87)(H,68,90)(H,69,92)(H,70,82)(H,71,94)(H,72,93)(H,73,96)(H,74,97)(H,75,91)(H,76,88)(H,77,89)(H,78,95)(H,83,84)(H,85,86)/t34-,42-,43-,44-,45-,46-,47-,48-,49-,50-,54-/m0/s1. The Labute approximate surface area is 590 Å². The monoisotopic (exact) mass is 1450 g/mol. The predicted octanol–water partition coefficient (Wildman–Crippen LogP) is -2.91. The van der Waals surface area contributed by atoms with Gasteiger partial charge in [0.2, 0.25) is 70.9 Å². The summed E-state index contributed by atoms with van der Waals surface area (Å²) < 4.78 is 0. The van der Waals surface area contributed by atoms with E-state index >= 15 is 0 Å². The number of rotatable bonds is 41. The zero-order chi connectivity index (χ0) is 74.3. The van der Waals surface area contributed by atoms with Gasteiger partial charge in [0.05, 0.1) is 25.4 Å². The lowest BCUT2D eigenvalue weighted by atomic mass is 10.0. The van der Waals surface area contributed by atoms with E-state index in [2.05, 4.69) is 83.7 Å². The minimum atomic E-state index is -1.82. The zero-order valence-corrected chi connectivity index (χ0v) is 57.5. The molecule has 0 spiro atoms. The highest BCUT2D eigenvalue weighted by atomic mass is 32.2. The van der Waals surface area contributed by atoms with E-state index in [9.17, 15) is 92.7 Å². The number of thiol groups is 2. The smallest absolute Gasteiger partial charge is 0.305 e. The molecule has 35 heteroatoms. The number of carbonyl (C=O) groups is 14. The molecule has 0 aliphatic heterocycles. The summed E-state index contributed by atoms with van der Waals surface area (Å²) in [6, 6.07) is 8.47. The number of primary amides is 1. The molecule has 0 bridgehead atoms. The number of hydrogen-bond acceptors (Lipinski definition) is 21. The fourth-order valence-electron chi connectivity index (χ4n) is 9.52. The highest BCUT2D eigenvalue weighted by Crippen LogP contribution is 2.16. The van der Waals surface area contributed by atoms with Gasteiger partial charge in [0.15, 0.2) is 0 Å². The molecule has 0 radical (unpaired) electrons. The highest BCUT2D eigenvalue weighted by Gasteiger charge is 2.36. The summed E-state index contributed by atoms with van der Waals surface area (Å²) in [7, 11) is 0. The van der Waals surface area contributed by atoms with Crippen LogP contribution in [-0.2, 0) is 92.8 Å². The third kappa shape index (κ3) is 28.4. The molecule has 11 atom stereocenters. The first kappa shape index (κ1) is 82.3. The lowest BCUT2D eigenvalue weighted by molar-refractivity contribution is -0.142. The molecule has 0 unspecified atom stereocenters. The van der Waals surface area contributed by atoms with E-state index in [4.69, 9.17) is 11.5 Å². The van der Waals surface area contributed by atoms with E-state index in [-0.39, 0.29) is 60.9 Å². The van der Waals surface area contributed by atoms with E-state index in [0.29, 0.717) is 22.3 Å². The van der Waals surface area contributed by atoms with E-state index in [0.717, 1.165) is 0 Å². The molecule has 0 saturated heterocycles. The first-order valence-corrected chi connectivity index (χ1v) is 33.8. The Hall–Kier alpha value is -10.1. The number of carboxylic acid groups (broad SMARTS) is 2. The van der Waals surface area contributed by atoms with Crippen molar-refractivity contribution in [3.8, 4) is 17.2 Å². The molecule has 4 aromatic rings. The highest BCUT2D eigenvalue weighted by molar-refractivity contribution is 7.98. The SMILES string of the molecule is CSCC[C@H](NC(=O)[C@H](Cc1ccc(O)cc1)NC(=O)[C@H](CS)NC(=O)[C@H](C)NC(=O)[C@H](Cc1ccc(O)cc1)NC(=O)[C@H](Cc1ccccc1)NC(=O)CNC(=O)[C@H](CC(=O)O)NC(=O)[C@H](CS)NC(=O)[C@@H](N)Cc1ccc(O)cc1)C(=O)N[C@@H](CC(=O)O)C(=O)N[C@H](C(N)=O)C(C)C. The molecular weight excluding hydrogens is 1360 g/mol. The number of nitrogens with one attached hydrogen (secondary N) is 11. The Morgan fingerprint density at radius 1 is 0.420 bits per heavy atom. The number of nitrogens with two attached hydrogens (primary N) is 2. The van der Waals surface area contributed by atoms with E-state index < -0.39 is 180 Å². The molecular formula is C65H85N13O19S3. The maximum Gasteiger partial charge on any atom is 0.305 e. The van der Waals surface area contributed by atoms with Gasteiger partial charge < -0.3 is 95.5 Å². The van der Waals surface area contributed by atoms with Crippen LogP contribution >= 0.6 is 37.0 Å². The minimum Gasteiger partial charge on any atom is -0.508 e. The quantitative estimate of drug-likeness (QED) is 0.0198. The van der Waals surface area contributed by atoms with Crippen LogP contribution in [0.1, 0.15) is 62.3 Å². The number of phenolic OH excluding ortho intramolecular Hbond substituents is 3.